The van der Waals surface area contributed by atoms with Crippen molar-refractivity contribution in [2.24, 2.45) is 0 Å². The number of hydrogen-bond acceptors (Lipinski definition) is 3. The molecule has 0 aromatic heterocycles. The number of rotatable bonds is 6. The Morgan fingerprint density at radius 1 is 1.08 bits per heavy atom. The summed E-state index contributed by atoms with van der Waals surface area (Å²) in [4.78, 5) is 24.1. The third-order valence-electron chi connectivity index (χ3n) is 3.22. The minimum Gasteiger partial charge on any atom is -0.376 e. The quantitative estimate of drug-likeness (QED) is 0.704. The standard InChI is InChI=1S/C18H19Cl2N3O2/c1-11(2)22-18(25)12-5-3-6-13(9-12)21-10-16(24)23-15-8-4-7-14(19)17(15)20/h3-9,11,21H,10H2,1-2H3,(H,22,25)(H,23,24). The lowest BCUT2D eigenvalue weighted by atomic mass is 10.1. The van der Waals surface area contributed by atoms with Gasteiger partial charge in [-0.1, -0.05) is 35.3 Å². The predicted octanol–water partition coefficient (Wildman–Crippen LogP) is 4.18. The van der Waals surface area contributed by atoms with Crippen LogP contribution in [0.5, 0.6) is 0 Å². The number of hydrogen-bond donors (Lipinski definition) is 3. The molecule has 5 nitrogen and oxygen atoms in total. The molecular weight excluding hydrogens is 361 g/mol. The van der Waals surface area contributed by atoms with Gasteiger partial charge in [0.25, 0.3) is 5.91 Å². The Kier molecular flexibility index (Phi) is 6.67. The zero-order valence-electron chi connectivity index (χ0n) is 13.9. The molecule has 0 radical (unpaired) electrons. The number of carbonyl (C=O) groups is 2. The fourth-order valence-electron chi connectivity index (χ4n) is 2.09. The van der Waals surface area contributed by atoms with E-state index in [4.69, 9.17) is 23.2 Å². The van der Waals surface area contributed by atoms with E-state index < -0.39 is 0 Å². The van der Waals surface area contributed by atoms with Crippen molar-refractivity contribution in [1.29, 1.82) is 0 Å². The minimum atomic E-state index is -0.277. The third kappa shape index (κ3) is 5.66. The second-order valence-electron chi connectivity index (χ2n) is 5.71. The van der Waals surface area contributed by atoms with E-state index in [0.29, 0.717) is 27.0 Å². The van der Waals surface area contributed by atoms with Crippen LogP contribution in [0.3, 0.4) is 0 Å². The van der Waals surface area contributed by atoms with Gasteiger partial charge in [0.2, 0.25) is 5.91 Å². The van der Waals surface area contributed by atoms with Gasteiger partial charge in [-0.2, -0.15) is 0 Å². The summed E-state index contributed by atoms with van der Waals surface area (Å²) in [6.45, 7) is 3.81. The van der Waals surface area contributed by atoms with E-state index in [-0.39, 0.29) is 24.4 Å². The van der Waals surface area contributed by atoms with Gasteiger partial charge in [0.05, 0.1) is 22.3 Å². The molecule has 25 heavy (non-hydrogen) atoms. The first-order valence-electron chi connectivity index (χ1n) is 7.75. The fraction of sp³-hybridized carbons (Fsp3) is 0.222. The molecule has 7 heteroatoms. The average Bonchev–Trinajstić information content (AvgIpc) is 2.57. The van der Waals surface area contributed by atoms with Crippen LogP contribution in [-0.4, -0.2) is 24.4 Å². The van der Waals surface area contributed by atoms with Crippen molar-refractivity contribution in [2.75, 3.05) is 17.2 Å². The Labute approximate surface area is 156 Å². The maximum Gasteiger partial charge on any atom is 0.251 e. The number of halogens is 2. The number of anilines is 2. The van der Waals surface area contributed by atoms with Gasteiger partial charge in [0.1, 0.15) is 0 Å². The van der Waals surface area contributed by atoms with Crippen molar-refractivity contribution in [3.05, 3.63) is 58.1 Å². The summed E-state index contributed by atoms with van der Waals surface area (Å²) < 4.78 is 0. The second kappa shape index (κ2) is 8.74. The van der Waals surface area contributed by atoms with Crippen LogP contribution in [0.25, 0.3) is 0 Å². The van der Waals surface area contributed by atoms with Gasteiger partial charge in [-0.05, 0) is 44.2 Å². The van der Waals surface area contributed by atoms with Crippen LogP contribution < -0.4 is 16.0 Å². The van der Waals surface area contributed by atoms with E-state index in [1.807, 2.05) is 13.8 Å². The minimum absolute atomic E-state index is 0.0259. The zero-order valence-corrected chi connectivity index (χ0v) is 15.4. The Morgan fingerprint density at radius 2 is 1.80 bits per heavy atom. The maximum atomic E-state index is 12.1. The molecule has 0 aliphatic heterocycles. The van der Waals surface area contributed by atoms with Gasteiger partial charge in [0.15, 0.2) is 0 Å². The van der Waals surface area contributed by atoms with Gasteiger partial charge in [0, 0.05) is 17.3 Å². The van der Waals surface area contributed by atoms with Crippen LogP contribution in [-0.2, 0) is 4.79 Å². The van der Waals surface area contributed by atoms with E-state index in [0.717, 1.165) is 0 Å². The molecule has 132 valence electrons. The smallest absolute Gasteiger partial charge is 0.251 e. The van der Waals surface area contributed by atoms with Crippen molar-refractivity contribution < 1.29 is 9.59 Å². The summed E-state index contributed by atoms with van der Waals surface area (Å²) in [6, 6.07) is 12.0. The van der Waals surface area contributed by atoms with E-state index in [9.17, 15) is 9.59 Å². The van der Waals surface area contributed by atoms with Crippen molar-refractivity contribution in [2.45, 2.75) is 19.9 Å². The number of carbonyl (C=O) groups excluding carboxylic acids is 2. The van der Waals surface area contributed by atoms with E-state index in [1.54, 1.807) is 42.5 Å². The van der Waals surface area contributed by atoms with Crippen LogP contribution in [0.4, 0.5) is 11.4 Å². The maximum absolute atomic E-state index is 12.1. The first-order valence-corrected chi connectivity index (χ1v) is 8.51. The molecule has 0 heterocycles. The summed E-state index contributed by atoms with van der Waals surface area (Å²) in [6.07, 6.45) is 0. The van der Waals surface area contributed by atoms with E-state index in [2.05, 4.69) is 16.0 Å². The van der Waals surface area contributed by atoms with Crippen molar-refractivity contribution in [3.8, 4) is 0 Å². The molecule has 0 saturated heterocycles. The highest BCUT2D eigenvalue weighted by Crippen LogP contribution is 2.29. The molecule has 2 rings (SSSR count). The molecule has 3 N–H and O–H groups in total. The SMILES string of the molecule is CC(C)NC(=O)c1cccc(NCC(=O)Nc2cccc(Cl)c2Cl)c1. The summed E-state index contributed by atoms with van der Waals surface area (Å²) in [5.74, 6) is -0.435. The molecule has 0 atom stereocenters. The molecule has 0 spiro atoms. The molecule has 2 aromatic carbocycles. The Hall–Kier alpha value is -2.24. The van der Waals surface area contributed by atoms with Gasteiger partial charge in [-0.25, -0.2) is 0 Å². The molecular formula is C18H19Cl2N3O2. The number of benzene rings is 2. The lowest BCUT2D eigenvalue weighted by molar-refractivity contribution is -0.114. The Bertz CT molecular complexity index is 779. The van der Waals surface area contributed by atoms with Gasteiger partial charge < -0.3 is 16.0 Å². The number of amides is 2. The van der Waals surface area contributed by atoms with Crippen LogP contribution in [0, 0.1) is 0 Å². The van der Waals surface area contributed by atoms with Crippen molar-refractivity contribution >= 4 is 46.4 Å². The molecule has 2 aromatic rings. The monoisotopic (exact) mass is 379 g/mol. The predicted molar refractivity (Wildman–Crippen MR) is 103 cm³/mol. The lowest BCUT2D eigenvalue weighted by Crippen LogP contribution is -2.30. The normalized spacial score (nSPS) is 10.4. The Morgan fingerprint density at radius 3 is 2.52 bits per heavy atom. The topological polar surface area (TPSA) is 70.2 Å². The van der Waals surface area contributed by atoms with Crippen LogP contribution in [0.1, 0.15) is 24.2 Å². The van der Waals surface area contributed by atoms with Crippen molar-refractivity contribution in [3.63, 3.8) is 0 Å². The second-order valence-corrected chi connectivity index (χ2v) is 6.50. The zero-order chi connectivity index (χ0) is 18.4. The van der Waals surface area contributed by atoms with Gasteiger partial charge >= 0.3 is 0 Å². The Balaban J connectivity index is 1.95. The number of nitrogens with one attached hydrogen (secondary N) is 3. The molecule has 0 bridgehead atoms. The molecule has 0 unspecified atom stereocenters. The van der Waals surface area contributed by atoms with E-state index >= 15 is 0 Å². The van der Waals surface area contributed by atoms with Gasteiger partial charge in [-0.15, -0.1) is 0 Å². The summed E-state index contributed by atoms with van der Waals surface area (Å²) in [5, 5.41) is 9.16. The first-order chi connectivity index (χ1) is 11.9. The largest absolute Gasteiger partial charge is 0.376 e. The highest BCUT2D eigenvalue weighted by atomic mass is 35.5. The van der Waals surface area contributed by atoms with Gasteiger partial charge in [-0.3, -0.25) is 9.59 Å². The molecule has 0 fully saturated rings. The molecule has 2 amide bonds. The first kappa shape index (κ1) is 19.1. The van der Waals surface area contributed by atoms with Crippen LogP contribution >= 0.6 is 23.2 Å². The van der Waals surface area contributed by atoms with Crippen molar-refractivity contribution in [1.82, 2.24) is 5.32 Å². The lowest BCUT2D eigenvalue weighted by Gasteiger charge is -2.11. The van der Waals surface area contributed by atoms with Crippen LogP contribution in [0.15, 0.2) is 42.5 Å². The molecule has 0 aliphatic rings. The van der Waals surface area contributed by atoms with Crippen LogP contribution in [0.2, 0.25) is 10.0 Å². The molecule has 0 aliphatic carbocycles. The summed E-state index contributed by atoms with van der Waals surface area (Å²) >= 11 is 12.0. The van der Waals surface area contributed by atoms with E-state index in [1.165, 1.54) is 0 Å². The average molecular weight is 380 g/mol. The highest BCUT2D eigenvalue weighted by Gasteiger charge is 2.10. The fourth-order valence-corrected chi connectivity index (χ4v) is 2.44. The molecule has 0 saturated carbocycles. The third-order valence-corrected chi connectivity index (χ3v) is 4.04. The highest BCUT2D eigenvalue weighted by molar-refractivity contribution is 6.44. The summed E-state index contributed by atoms with van der Waals surface area (Å²) in [7, 11) is 0. The summed E-state index contributed by atoms with van der Waals surface area (Å²) in [5.41, 5.74) is 1.65.